The summed E-state index contributed by atoms with van der Waals surface area (Å²) in [7, 11) is 1.65. The molecule has 38 heavy (non-hydrogen) atoms. The van der Waals surface area contributed by atoms with Crippen LogP contribution >= 0.6 is 0 Å². The number of ketones is 1. The standard InChI is InChI=1S/C32H33N3O3/c1-5-21-9-11-23(12-10-21)30-29(32(37)35-28-8-6-7-19(2)33-28)20(3)34-26-17-24(18-27(36)31(26)30)22-13-15-25(38-4)16-14-22/h6-16,24,30,34H,5,17-18H2,1-4H3,(H,33,35,37). The second kappa shape index (κ2) is 10.7. The summed E-state index contributed by atoms with van der Waals surface area (Å²) in [6, 6.07) is 21.7. The molecule has 0 fully saturated rings. The third-order valence-electron chi connectivity index (χ3n) is 7.51. The maximum Gasteiger partial charge on any atom is 0.255 e. The number of Topliss-reactive ketones (excluding diaryl/α,β-unsaturated/α-hetero) is 1. The Hall–Kier alpha value is -4.19. The van der Waals surface area contributed by atoms with Gasteiger partial charge in [-0.1, -0.05) is 49.4 Å². The van der Waals surface area contributed by atoms with Crippen molar-refractivity contribution < 1.29 is 14.3 Å². The number of rotatable bonds is 6. The summed E-state index contributed by atoms with van der Waals surface area (Å²) in [6.45, 7) is 5.91. The molecule has 1 amide bonds. The number of aryl methyl sites for hydroxylation is 2. The van der Waals surface area contributed by atoms with Crippen LogP contribution in [0.3, 0.4) is 0 Å². The monoisotopic (exact) mass is 507 g/mol. The zero-order valence-corrected chi connectivity index (χ0v) is 22.3. The van der Waals surface area contributed by atoms with Gasteiger partial charge in [0.2, 0.25) is 0 Å². The molecule has 0 bridgehead atoms. The van der Waals surface area contributed by atoms with Crippen LogP contribution in [0.15, 0.2) is 89.3 Å². The van der Waals surface area contributed by atoms with Crippen molar-refractivity contribution in [1.29, 1.82) is 0 Å². The van der Waals surface area contributed by atoms with E-state index in [-0.39, 0.29) is 17.6 Å². The first-order valence-electron chi connectivity index (χ1n) is 13.1. The molecule has 2 N–H and O–H groups in total. The quantitative estimate of drug-likeness (QED) is 0.430. The smallest absolute Gasteiger partial charge is 0.255 e. The number of dihydropyridines is 1. The third-order valence-corrected chi connectivity index (χ3v) is 7.51. The molecular formula is C32H33N3O3. The Kier molecular flexibility index (Phi) is 7.14. The van der Waals surface area contributed by atoms with Crippen LogP contribution in [0.2, 0.25) is 0 Å². The van der Waals surface area contributed by atoms with Gasteiger partial charge in [0, 0.05) is 40.6 Å². The second-order valence-electron chi connectivity index (χ2n) is 10.0. The lowest BCUT2D eigenvalue weighted by molar-refractivity contribution is -0.116. The Bertz CT molecular complexity index is 1440. The number of carbonyl (C=O) groups is 2. The van der Waals surface area contributed by atoms with Crippen molar-refractivity contribution in [2.75, 3.05) is 12.4 Å². The van der Waals surface area contributed by atoms with E-state index in [1.165, 1.54) is 5.56 Å². The lowest BCUT2D eigenvalue weighted by Crippen LogP contribution is -2.37. The molecule has 2 atom stereocenters. The van der Waals surface area contributed by atoms with E-state index in [1.807, 2.05) is 62.4 Å². The fourth-order valence-electron chi connectivity index (χ4n) is 5.53. The van der Waals surface area contributed by atoms with E-state index in [0.717, 1.165) is 40.4 Å². The number of allylic oxidation sites excluding steroid dienone is 3. The Morgan fingerprint density at radius 2 is 1.71 bits per heavy atom. The minimum absolute atomic E-state index is 0.0578. The summed E-state index contributed by atoms with van der Waals surface area (Å²) in [5.74, 6) is 0.697. The molecule has 1 aliphatic carbocycles. The Morgan fingerprint density at radius 3 is 2.37 bits per heavy atom. The number of aromatic nitrogens is 1. The van der Waals surface area contributed by atoms with Gasteiger partial charge < -0.3 is 15.4 Å². The Labute approximate surface area is 223 Å². The van der Waals surface area contributed by atoms with Crippen molar-refractivity contribution >= 4 is 17.5 Å². The summed E-state index contributed by atoms with van der Waals surface area (Å²) in [5.41, 5.74) is 6.96. The van der Waals surface area contributed by atoms with Gasteiger partial charge in [0.05, 0.1) is 7.11 Å². The minimum Gasteiger partial charge on any atom is -0.497 e. The predicted molar refractivity (Wildman–Crippen MR) is 149 cm³/mol. The van der Waals surface area contributed by atoms with Gasteiger partial charge >= 0.3 is 0 Å². The van der Waals surface area contributed by atoms with Crippen LogP contribution < -0.4 is 15.4 Å². The van der Waals surface area contributed by atoms with Gasteiger partial charge in [-0.3, -0.25) is 9.59 Å². The summed E-state index contributed by atoms with van der Waals surface area (Å²) in [4.78, 5) is 32.0. The van der Waals surface area contributed by atoms with Crippen molar-refractivity contribution in [3.63, 3.8) is 0 Å². The largest absolute Gasteiger partial charge is 0.497 e. The topological polar surface area (TPSA) is 80.3 Å². The number of nitrogens with zero attached hydrogens (tertiary/aromatic N) is 1. The van der Waals surface area contributed by atoms with Gasteiger partial charge in [-0.15, -0.1) is 0 Å². The van der Waals surface area contributed by atoms with Crippen LogP contribution in [-0.4, -0.2) is 23.8 Å². The average molecular weight is 508 g/mol. The maximum absolute atomic E-state index is 13.8. The second-order valence-corrected chi connectivity index (χ2v) is 10.0. The van der Waals surface area contributed by atoms with E-state index in [1.54, 1.807) is 13.2 Å². The SMILES string of the molecule is CCc1ccc(C2C(C(=O)Nc3cccc(C)n3)=C(C)NC3=C2C(=O)CC(c2ccc(OC)cc2)C3)cc1. The molecule has 2 aliphatic rings. The van der Waals surface area contributed by atoms with E-state index in [0.29, 0.717) is 29.8 Å². The summed E-state index contributed by atoms with van der Waals surface area (Å²) in [5, 5.41) is 6.42. The predicted octanol–water partition coefficient (Wildman–Crippen LogP) is 5.96. The highest BCUT2D eigenvalue weighted by Gasteiger charge is 2.41. The van der Waals surface area contributed by atoms with E-state index in [4.69, 9.17) is 4.74 Å². The van der Waals surface area contributed by atoms with Crippen molar-refractivity contribution in [1.82, 2.24) is 10.3 Å². The number of ether oxygens (including phenoxy) is 1. The van der Waals surface area contributed by atoms with Crippen LogP contribution in [0.5, 0.6) is 5.75 Å². The molecule has 2 heterocycles. The van der Waals surface area contributed by atoms with Crippen LogP contribution in [0.1, 0.15) is 60.9 Å². The van der Waals surface area contributed by atoms with Crippen molar-refractivity contribution in [2.45, 2.75) is 51.9 Å². The maximum atomic E-state index is 13.8. The highest BCUT2D eigenvalue weighted by atomic mass is 16.5. The number of nitrogens with one attached hydrogen (secondary N) is 2. The van der Waals surface area contributed by atoms with E-state index < -0.39 is 5.92 Å². The van der Waals surface area contributed by atoms with Crippen molar-refractivity contribution in [3.8, 4) is 5.75 Å². The number of amides is 1. The number of hydrogen-bond donors (Lipinski definition) is 2. The molecule has 0 spiro atoms. The first-order chi connectivity index (χ1) is 18.4. The number of anilines is 1. The van der Waals surface area contributed by atoms with E-state index in [2.05, 4.69) is 34.7 Å². The van der Waals surface area contributed by atoms with Crippen LogP contribution in [-0.2, 0) is 16.0 Å². The molecule has 1 aliphatic heterocycles. The fourth-order valence-corrected chi connectivity index (χ4v) is 5.53. The fraction of sp³-hybridized carbons (Fsp3) is 0.281. The summed E-state index contributed by atoms with van der Waals surface area (Å²) < 4.78 is 5.30. The molecule has 6 nitrogen and oxygen atoms in total. The molecule has 0 saturated heterocycles. The molecular weight excluding hydrogens is 474 g/mol. The van der Waals surface area contributed by atoms with Crippen LogP contribution in [0, 0.1) is 6.92 Å². The Morgan fingerprint density at radius 1 is 1.00 bits per heavy atom. The third kappa shape index (κ3) is 4.99. The lowest BCUT2D eigenvalue weighted by atomic mass is 9.71. The van der Waals surface area contributed by atoms with E-state index >= 15 is 0 Å². The van der Waals surface area contributed by atoms with Crippen LogP contribution in [0.4, 0.5) is 5.82 Å². The number of methoxy groups -OCH3 is 1. The highest BCUT2D eigenvalue weighted by molar-refractivity contribution is 6.09. The van der Waals surface area contributed by atoms with Gasteiger partial charge in [-0.2, -0.15) is 0 Å². The molecule has 0 saturated carbocycles. The summed E-state index contributed by atoms with van der Waals surface area (Å²) in [6.07, 6.45) is 2.01. The highest BCUT2D eigenvalue weighted by Crippen LogP contribution is 2.45. The van der Waals surface area contributed by atoms with E-state index in [9.17, 15) is 9.59 Å². The van der Waals surface area contributed by atoms with Gasteiger partial charge in [0.1, 0.15) is 11.6 Å². The lowest BCUT2D eigenvalue weighted by Gasteiger charge is -2.37. The minimum atomic E-state index is -0.453. The van der Waals surface area contributed by atoms with Gasteiger partial charge in [0.25, 0.3) is 5.91 Å². The van der Waals surface area contributed by atoms with Gasteiger partial charge in [-0.05, 0) is 73.6 Å². The molecule has 2 unspecified atom stereocenters. The molecule has 2 aromatic carbocycles. The molecule has 3 aromatic rings. The van der Waals surface area contributed by atoms with Crippen molar-refractivity contribution in [3.05, 3.63) is 112 Å². The van der Waals surface area contributed by atoms with Gasteiger partial charge in [0.15, 0.2) is 5.78 Å². The zero-order valence-electron chi connectivity index (χ0n) is 22.3. The van der Waals surface area contributed by atoms with Crippen molar-refractivity contribution in [2.24, 2.45) is 0 Å². The number of pyridine rings is 1. The number of hydrogen-bond acceptors (Lipinski definition) is 5. The Balaban J connectivity index is 1.54. The molecule has 6 heteroatoms. The molecule has 1 aromatic heterocycles. The van der Waals surface area contributed by atoms with Gasteiger partial charge in [-0.25, -0.2) is 4.98 Å². The normalized spacial score (nSPS) is 19.1. The molecule has 194 valence electrons. The number of benzene rings is 2. The van der Waals surface area contributed by atoms with Crippen LogP contribution in [0.25, 0.3) is 0 Å². The molecule has 5 rings (SSSR count). The summed E-state index contributed by atoms with van der Waals surface area (Å²) >= 11 is 0. The average Bonchev–Trinajstić information content (AvgIpc) is 2.92. The zero-order chi connectivity index (χ0) is 26.8. The molecule has 0 radical (unpaired) electrons. The first-order valence-corrected chi connectivity index (χ1v) is 13.1. The first kappa shape index (κ1) is 25.5. The number of carbonyl (C=O) groups excluding carboxylic acids is 2.